The van der Waals surface area contributed by atoms with Crippen LogP contribution in [0.3, 0.4) is 0 Å². The van der Waals surface area contributed by atoms with Gasteiger partial charge in [-0.1, -0.05) is 283 Å². The van der Waals surface area contributed by atoms with Crippen LogP contribution in [0.4, 0.5) is 0 Å². The van der Waals surface area contributed by atoms with Gasteiger partial charge in [0.1, 0.15) is 0 Å². The van der Waals surface area contributed by atoms with Crippen LogP contribution in [0.5, 0.6) is 0 Å². The summed E-state index contributed by atoms with van der Waals surface area (Å²) in [6.45, 7) is 4.61. The van der Waals surface area contributed by atoms with Gasteiger partial charge < -0.3 is 0 Å². The third-order valence-electron chi connectivity index (χ3n) is 14.5. The Kier molecular flexibility index (Phi) is 19.0. The number of unbranched alkanes of at least 4 members (excludes halogenated alkanes) is 18. The fraction of sp³-hybridized carbons (Fsp3) is 0.364. The van der Waals surface area contributed by atoms with Crippen LogP contribution < -0.4 is 0 Å². The molecule has 0 N–H and O–H groups in total. The van der Waals surface area contributed by atoms with Crippen molar-refractivity contribution in [3.8, 4) is 44.5 Å². The average molecular weight is 1030 g/mol. The minimum atomic E-state index is 1.09. The number of halogens is 2. The third kappa shape index (κ3) is 12.6. The zero-order chi connectivity index (χ0) is 46.9. The average Bonchev–Trinajstić information content (AvgIpc) is 3.37. The summed E-state index contributed by atoms with van der Waals surface area (Å²) < 4.78 is 2.17. The largest absolute Gasteiger partial charge is 0.0654 e. The van der Waals surface area contributed by atoms with Crippen molar-refractivity contribution in [2.75, 3.05) is 0 Å². The summed E-state index contributed by atoms with van der Waals surface area (Å²) in [4.78, 5) is 0. The monoisotopic (exact) mass is 1020 g/mol. The van der Waals surface area contributed by atoms with Crippen LogP contribution >= 0.6 is 31.9 Å². The molecule has 0 atom stereocenters. The molecule has 352 valence electrons. The van der Waals surface area contributed by atoms with Crippen molar-refractivity contribution in [3.63, 3.8) is 0 Å². The van der Waals surface area contributed by atoms with Gasteiger partial charge in [-0.2, -0.15) is 0 Å². The van der Waals surface area contributed by atoms with Gasteiger partial charge in [-0.25, -0.2) is 0 Å². The Bertz CT molecular complexity index is 2610. The van der Waals surface area contributed by atoms with E-state index in [1.807, 2.05) is 0 Å². The van der Waals surface area contributed by atoms with Crippen LogP contribution in [0.1, 0.15) is 153 Å². The fourth-order valence-corrected chi connectivity index (χ4v) is 11.6. The molecule has 68 heavy (non-hydrogen) atoms. The molecule has 0 spiro atoms. The van der Waals surface area contributed by atoms with E-state index in [9.17, 15) is 0 Å². The van der Waals surface area contributed by atoms with E-state index in [2.05, 4.69) is 191 Å². The predicted octanol–water partition coefficient (Wildman–Crippen LogP) is 22.3. The van der Waals surface area contributed by atoms with Crippen LogP contribution in [0.25, 0.3) is 76.8 Å². The zero-order valence-electron chi connectivity index (χ0n) is 41.2. The standard InChI is InChI=1S/C66H74Br2/c1-3-5-7-9-11-13-15-17-19-23-29-49-35-39-53(40-36-49)61-62(54-41-37-50(38-42-54)30-24-20-18-16-14-12-10-8-6-4-2)64(52-33-27-22-28-34-52)66-60-48-56(68)44-46-58(60)57-45-43-55(67)47-59(57)65(66)63(61)51-31-25-21-26-32-51/h21-22,25-28,31-48H,3-20,23-24,29-30H2,1-2H3. The van der Waals surface area contributed by atoms with Crippen molar-refractivity contribution in [2.45, 2.75) is 155 Å². The summed E-state index contributed by atoms with van der Waals surface area (Å²) in [6.07, 6.45) is 29.5. The Morgan fingerprint density at radius 3 is 0.926 bits per heavy atom. The van der Waals surface area contributed by atoms with Gasteiger partial charge in [0.2, 0.25) is 0 Å². The Hall–Kier alpha value is -4.50. The minimum absolute atomic E-state index is 1.09. The summed E-state index contributed by atoms with van der Waals surface area (Å²) >= 11 is 7.91. The van der Waals surface area contributed by atoms with Crippen LogP contribution in [0, 0.1) is 0 Å². The van der Waals surface area contributed by atoms with E-state index in [1.54, 1.807) is 0 Å². The number of hydrogen-bond acceptors (Lipinski definition) is 0. The molecule has 0 aliphatic heterocycles. The zero-order valence-corrected chi connectivity index (χ0v) is 44.3. The van der Waals surface area contributed by atoms with Crippen molar-refractivity contribution >= 4 is 64.2 Å². The quantitative estimate of drug-likeness (QED) is 0.0375. The Balaban J connectivity index is 1.25. The molecular formula is C66H74Br2. The lowest BCUT2D eigenvalue weighted by Gasteiger charge is -2.27. The van der Waals surface area contributed by atoms with E-state index in [-0.39, 0.29) is 0 Å². The van der Waals surface area contributed by atoms with Gasteiger partial charge >= 0.3 is 0 Å². The second-order valence-electron chi connectivity index (χ2n) is 19.6. The van der Waals surface area contributed by atoms with Crippen molar-refractivity contribution in [2.24, 2.45) is 0 Å². The van der Waals surface area contributed by atoms with Crippen LogP contribution in [-0.4, -0.2) is 0 Å². The van der Waals surface area contributed by atoms with Crippen molar-refractivity contribution in [1.29, 1.82) is 0 Å². The molecule has 0 heterocycles. The van der Waals surface area contributed by atoms with Gasteiger partial charge in [0, 0.05) is 8.95 Å². The third-order valence-corrected chi connectivity index (χ3v) is 15.5. The summed E-state index contributed by atoms with van der Waals surface area (Å²) in [5.41, 5.74) is 13.0. The molecule has 0 aliphatic rings. The van der Waals surface area contributed by atoms with E-state index in [1.165, 1.54) is 216 Å². The van der Waals surface area contributed by atoms with Gasteiger partial charge in [-0.05, 0) is 138 Å². The van der Waals surface area contributed by atoms with Gasteiger partial charge in [-0.3, -0.25) is 0 Å². The first-order valence-electron chi connectivity index (χ1n) is 26.7. The SMILES string of the molecule is CCCCCCCCCCCCc1ccc(-c2c(-c3ccc(CCCCCCCCCCCC)cc3)c(-c3ccccc3)c3c4cc(Br)ccc4c4ccc(Br)cc4c3c2-c2ccccc2)cc1. The summed E-state index contributed by atoms with van der Waals surface area (Å²) in [5, 5.41) is 7.64. The summed E-state index contributed by atoms with van der Waals surface area (Å²) in [6, 6.07) is 55.7. The molecule has 2 heteroatoms. The van der Waals surface area contributed by atoms with E-state index in [4.69, 9.17) is 0 Å². The lowest BCUT2D eigenvalue weighted by Crippen LogP contribution is -2.00. The maximum absolute atomic E-state index is 3.95. The van der Waals surface area contributed by atoms with E-state index in [0.717, 1.165) is 21.8 Å². The fourth-order valence-electron chi connectivity index (χ4n) is 10.9. The maximum atomic E-state index is 3.95. The number of fused-ring (bicyclic) bond motifs is 6. The summed E-state index contributed by atoms with van der Waals surface area (Å²) in [5.74, 6) is 0. The molecule has 0 saturated heterocycles. The highest BCUT2D eigenvalue weighted by molar-refractivity contribution is 9.10. The molecule has 8 aromatic carbocycles. The lowest BCUT2D eigenvalue weighted by molar-refractivity contribution is 0.556. The van der Waals surface area contributed by atoms with Crippen LogP contribution in [0.2, 0.25) is 0 Å². The van der Waals surface area contributed by atoms with Crippen molar-refractivity contribution < 1.29 is 0 Å². The first kappa shape index (κ1) is 49.9. The lowest BCUT2D eigenvalue weighted by atomic mass is 9.76. The highest BCUT2D eigenvalue weighted by atomic mass is 79.9. The topological polar surface area (TPSA) is 0 Å². The van der Waals surface area contributed by atoms with Gasteiger partial charge in [-0.15, -0.1) is 0 Å². The van der Waals surface area contributed by atoms with E-state index in [0.29, 0.717) is 0 Å². The maximum Gasteiger partial charge on any atom is 0.0181 e. The molecule has 0 bridgehead atoms. The molecule has 0 aromatic heterocycles. The predicted molar refractivity (Wildman–Crippen MR) is 307 cm³/mol. The molecular weight excluding hydrogens is 953 g/mol. The first-order chi connectivity index (χ1) is 33.6. The second-order valence-corrected chi connectivity index (χ2v) is 21.5. The molecule has 8 rings (SSSR count). The van der Waals surface area contributed by atoms with E-state index >= 15 is 0 Å². The Labute approximate surface area is 426 Å². The molecule has 0 radical (unpaired) electrons. The molecule has 0 saturated carbocycles. The highest BCUT2D eigenvalue weighted by Gasteiger charge is 2.27. The minimum Gasteiger partial charge on any atom is -0.0654 e. The molecule has 0 fully saturated rings. The van der Waals surface area contributed by atoms with Crippen molar-refractivity contribution in [3.05, 3.63) is 166 Å². The Morgan fingerprint density at radius 1 is 0.279 bits per heavy atom. The van der Waals surface area contributed by atoms with E-state index < -0.39 is 0 Å². The molecule has 8 aromatic rings. The highest BCUT2D eigenvalue weighted by Crippen LogP contribution is 2.55. The smallest absolute Gasteiger partial charge is 0.0181 e. The van der Waals surface area contributed by atoms with Gasteiger partial charge in [0.15, 0.2) is 0 Å². The number of aryl methyl sites for hydroxylation is 2. The molecule has 0 amide bonds. The van der Waals surface area contributed by atoms with Gasteiger partial charge in [0.25, 0.3) is 0 Å². The van der Waals surface area contributed by atoms with Gasteiger partial charge in [0.05, 0.1) is 0 Å². The second kappa shape index (κ2) is 25.9. The molecule has 0 aliphatic carbocycles. The normalized spacial score (nSPS) is 11.6. The summed E-state index contributed by atoms with van der Waals surface area (Å²) in [7, 11) is 0. The molecule has 0 nitrogen and oxygen atoms in total. The number of rotatable bonds is 26. The van der Waals surface area contributed by atoms with Crippen molar-refractivity contribution in [1.82, 2.24) is 0 Å². The van der Waals surface area contributed by atoms with Crippen LogP contribution in [-0.2, 0) is 12.8 Å². The molecule has 0 unspecified atom stereocenters. The Morgan fingerprint density at radius 2 is 0.588 bits per heavy atom. The number of hydrogen-bond donors (Lipinski definition) is 0. The number of benzene rings is 8. The van der Waals surface area contributed by atoms with Crippen LogP contribution in [0.15, 0.2) is 155 Å². The first-order valence-corrected chi connectivity index (χ1v) is 28.3.